The standard InChI is InChI=1S/C43H62O8/c1-25(2)29(28-14-12-11-13-15-28)16-17-30(38(47)49-24-50-39(48)40(5,6)7)36-32-22-34(46)37-41(8)20-19-33(45)26(3)31(41)18-21-42(37,9)43(32,10)23-35(36)51-27(4)44/h11-15,26,31-35,37,45-46H,16-24H2,1-10H3/b36-30-/t26-,31-,32-,33+,34+,35-,37?,41-,42-,43-/m0/s1. The molecular formula is C43H62O8. The molecule has 8 nitrogen and oxygen atoms in total. The summed E-state index contributed by atoms with van der Waals surface area (Å²) in [6.07, 6.45) is 3.60. The molecule has 4 aliphatic rings. The predicted molar refractivity (Wildman–Crippen MR) is 197 cm³/mol. The van der Waals surface area contributed by atoms with Gasteiger partial charge < -0.3 is 24.4 Å². The highest BCUT2D eigenvalue weighted by Crippen LogP contribution is 2.74. The van der Waals surface area contributed by atoms with Crippen LogP contribution < -0.4 is 0 Å². The molecule has 4 fully saturated rings. The number of aliphatic hydroxyl groups excluding tert-OH is 2. The number of esters is 3. The summed E-state index contributed by atoms with van der Waals surface area (Å²) in [5.41, 5.74) is 2.84. The summed E-state index contributed by atoms with van der Waals surface area (Å²) in [5.74, 6) is -1.29. The third-order valence-electron chi connectivity index (χ3n) is 14.0. The van der Waals surface area contributed by atoms with Crippen LogP contribution in [0.5, 0.6) is 0 Å². The molecule has 0 amide bonds. The quantitative estimate of drug-likeness (QED) is 0.158. The van der Waals surface area contributed by atoms with E-state index >= 15 is 0 Å². The van der Waals surface area contributed by atoms with Crippen molar-refractivity contribution in [1.29, 1.82) is 0 Å². The number of allylic oxidation sites excluding steroid dienone is 2. The van der Waals surface area contributed by atoms with Crippen LogP contribution >= 0.6 is 0 Å². The molecule has 0 bridgehead atoms. The number of carbonyl (C=O) groups is 3. The monoisotopic (exact) mass is 706 g/mol. The van der Waals surface area contributed by atoms with Crippen molar-refractivity contribution in [2.75, 3.05) is 6.79 Å². The first-order chi connectivity index (χ1) is 23.8. The van der Waals surface area contributed by atoms with Crippen molar-refractivity contribution >= 4 is 23.5 Å². The maximum absolute atomic E-state index is 14.3. The maximum Gasteiger partial charge on any atom is 0.336 e. The Morgan fingerprint density at radius 3 is 2.16 bits per heavy atom. The largest absolute Gasteiger partial charge is 0.458 e. The zero-order valence-corrected chi connectivity index (χ0v) is 32.6. The number of benzene rings is 1. The molecule has 8 heteroatoms. The van der Waals surface area contributed by atoms with E-state index in [-0.39, 0.29) is 34.7 Å². The minimum atomic E-state index is -0.760. The minimum Gasteiger partial charge on any atom is -0.458 e. The van der Waals surface area contributed by atoms with Gasteiger partial charge in [-0.25, -0.2) is 4.79 Å². The van der Waals surface area contributed by atoms with Crippen molar-refractivity contribution in [2.24, 2.45) is 45.3 Å². The van der Waals surface area contributed by atoms with Crippen LogP contribution in [0.15, 0.2) is 47.1 Å². The Hall–Kier alpha value is -2.97. The molecule has 4 aliphatic carbocycles. The lowest BCUT2D eigenvalue weighted by atomic mass is 9.36. The number of ether oxygens (including phenoxy) is 3. The smallest absolute Gasteiger partial charge is 0.336 e. The molecule has 2 N–H and O–H groups in total. The van der Waals surface area contributed by atoms with Crippen LogP contribution in [0.1, 0.15) is 126 Å². The molecular weight excluding hydrogens is 644 g/mol. The zero-order chi connectivity index (χ0) is 37.7. The Morgan fingerprint density at radius 2 is 1.55 bits per heavy atom. The molecule has 1 unspecified atom stereocenters. The Labute approximate surface area is 305 Å². The van der Waals surface area contributed by atoms with Crippen molar-refractivity contribution in [1.82, 2.24) is 0 Å². The number of hydrogen-bond acceptors (Lipinski definition) is 8. The lowest BCUT2D eigenvalue weighted by Gasteiger charge is -2.69. The van der Waals surface area contributed by atoms with Crippen LogP contribution in [0.3, 0.4) is 0 Å². The minimum absolute atomic E-state index is 0.0140. The van der Waals surface area contributed by atoms with Gasteiger partial charge >= 0.3 is 17.9 Å². The van der Waals surface area contributed by atoms with Crippen molar-refractivity contribution in [3.63, 3.8) is 0 Å². The summed E-state index contributed by atoms with van der Waals surface area (Å²) in [6, 6.07) is 10.1. The van der Waals surface area contributed by atoms with Gasteiger partial charge in [-0.2, -0.15) is 0 Å². The van der Waals surface area contributed by atoms with Gasteiger partial charge in [0.25, 0.3) is 0 Å². The lowest BCUT2D eigenvalue weighted by molar-refractivity contribution is -0.234. The molecule has 0 heterocycles. The molecule has 282 valence electrons. The number of carbonyl (C=O) groups excluding carboxylic acids is 3. The Bertz CT molecular complexity index is 1550. The third-order valence-corrected chi connectivity index (χ3v) is 14.0. The van der Waals surface area contributed by atoms with E-state index in [0.717, 1.165) is 48.0 Å². The van der Waals surface area contributed by atoms with E-state index in [1.165, 1.54) is 6.92 Å². The predicted octanol–water partition coefficient (Wildman–Crippen LogP) is 8.20. The highest BCUT2D eigenvalue weighted by Gasteiger charge is 2.71. The zero-order valence-electron chi connectivity index (χ0n) is 32.6. The van der Waals surface area contributed by atoms with Gasteiger partial charge in [-0.05, 0) is 143 Å². The summed E-state index contributed by atoms with van der Waals surface area (Å²) in [6.45, 7) is 19.3. The summed E-state index contributed by atoms with van der Waals surface area (Å²) >= 11 is 0. The summed E-state index contributed by atoms with van der Waals surface area (Å²) in [7, 11) is 0. The maximum atomic E-state index is 14.3. The van der Waals surface area contributed by atoms with Gasteiger partial charge in [0.05, 0.1) is 17.6 Å². The molecule has 10 atom stereocenters. The average molecular weight is 707 g/mol. The molecule has 51 heavy (non-hydrogen) atoms. The molecule has 0 aromatic heterocycles. The van der Waals surface area contributed by atoms with E-state index in [1.807, 2.05) is 18.2 Å². The van der Waals surface area contributed by atoms with Crippen LogP contribution in [-0.2, 0) is 28.6 Å². The fraction of sp³-hybridized carbons (Fsp3) is 0.698. The fourth-order valence-electron chi connectivity index (χ4n) is 11.3. The first kappa shape index (κ1) is 39.2. The van der Waals surface area contributed by atoms with Crippen LogP contribution in [0.2, 0.25) is 0 Å². The van der Waals surface area contributed by atoms with Crippen molar-refractivity contribution in [3.05, 3.63) is 52.6 Å². The molecule has 0 aliphatic heterocycles. The topological polar surface area (TPSA) is 119 Å². The highest BCUT2D eigenvalue weighted by molar-refractivity contribution is 5.90. The number of hydrogen-bond donors (Lipinski definition) is 2. The fourth-order valence-corrected chi connectivity index (χ4v) is 11.3. The second-order valence-electron chi connectivity index (χ2n) is 18.1. The first-order valence-corrected chi connectivity index (χ1v) is 19.1. The SMILES string of the molecule is CC(=O)O[C@H]1C[C@@]2(C)[C@@H](C[C@@H](O)C3[C@]2(C)CC[C@H]2[C@H](C)[C@H](O)CC[C@]32C)/C1=C(\CCC(=C(C)C)c1ccccc1)C(=O)OCOC(=O)C(C)(C)C. The van der Waals surface area contributed by atoms with Crippen LogP contribution in [0.4, 0.5) is 0 Å². The Kier molecular flexibility index (Phi) is 11.1. The number of fused-ring (bicyclic) bond motifs is 5. The summed E-state index contributed by atoms with van der Waals surface area (Å²) in [4.78, 5) is 39.7. The van der Waals surface area contributed by atoms with Gasteiger partial charge in [0.2, 0.25) is 6.79 Å². The van der Waals surface area contributed by atoms with Gasteiger partial charge in [-0.1, -0.05) is 63.6 Å². The van der Waals surface area contributed by atoms with Gasteiger partial charge in [0, 0.05) is 12.5 Å². The van der Waals surface area contributed by atoms with Crippen LogP contribution in [0.25, 0.3) is 5.57 Å². The normalized spacial score (nSPS) is 36.9. The van der Waals surface area contributed by atoms with E-state index in [2.05, 4.69) is 53.7 Å². The number of aliphatic hydroxyl groups is 2. The molecule has 5 rings (SSSR count). The van der Waals surface area contributed by atoms with E-state index in [4.69, 9.17) is 14.2 Å². The van der Waals surface area contributed by atoms with Gasteiger partial charge in [-0.3, -0.25) is 9.59 Å². The van der Waals surface area contributed by atoms with Gasteiger partial charge in [0.15, 0.2) is 0 Å². The van der Waals surface area contributed by atoms with E-state index < -0.39 is 47.7 Å². The Balaban J connectivity index is 1.60. The average Bonchev–Trinajstić information content (AvgIpc) is 3.31. The van der Waals surface area contributed by atoms with Gasteiger partial charge in [0.1, 0.15) is 6.10 Å². The molecule has 1 aromatic rings. The van der Waals surface area contributed by atoms with E-state index in [1.54, 1.807) is 20.8 Å². The van der Waals surface area contributed by atoms with Crippen LogP contribution in [-0.4, -0.2) is 53.2 Å². The number of rotatable bonds is 8. The van der Waals surface area contributed by atoms with E-state index in [0.29, 0.717) is 37.2 Å². The molecule has 4 saturated carbocycles. The Morgan fingerprint density at radius 1 is 0.882 bits per heavy atom. The van der Waals surface area contributed by atoms with Crippen molar-refractivity contribution in [3.8, 4) is 0 Å². The van der Waals surface area contributed by atoms with Gasteiger partial charge in [-0.15, -0.1) is 0 Å². The second-order valence-corrected chi connectivity index (χ2v) is 18.1. The van der Waals surface area contributed by atoms with Crippen molar-refractivity contribution in [2.45, 2.75) is 139 Å². The molecule has 0 radical (unpaired) electrons. The van der Waals surface area contributed by atoms with E-state index in [9.17, 15) is 24.6 Å². The second kappa shape index (κ2) is 14.5. The van der Waals surface area contributed by atoms with Crippen molar-refractivity contribution < 1.29 is 38.8 Å². The molecule has 0 spiro atoms. The molecule has 1 aromatic carbocycles. The van der Waals surface area contributed by atoms with Crippen LogP contribution in [0, 0.1) is 45.3 Å². The lowest BCUT2D eigenvalue weighted by Crippen LogP contribution is -2.65. The summed E-state index contributed by atoms with van der Waals surface area (Å²) in [5, 5.41) is 23.2. The first-order valence-electron chi connectivity index (χ1n) is 19.1. The highest BCUT2D eigenvalue weighted by atomic mass is 16.7. The summed E-state index contributed by atoms with van der Waals surface area (Å²) < 4.78 is 17.2. The molecule has 0 saturated heterocycles. The third kappa shape index (κ3) is 7.08.